The second-order valence-electron chi connectivity index (χ2n) is 6.28. The molecule has 1 atom stereocenters. The lowest BCUT2D eigenvalue weighted by atomic mass is 9.88. The number of hydrazine groups is 1. The maximum atomic E-state index is 12.3. The second-order valence-corrected chi connectivity index (χ2v) is 6.28. The van der Waals surface area contributed by atoms with Crippen LogP contribution in [0.3, 0.4) is 0 Å². The summed E-state index contributed by atoms with van der Waals surface area (Å²) >= 11 is 0. The van der Waals surface area contributed by atoms with E-state index in [1.165, 1.54) is 12.8 Å². The summed E-state index contributed by atoms with van der Waals surface area (Å²) in [6.45, 7) is 6.17. The van der Waals surface area contributed by atoms with Gasteiger partial charge in [-0.3, -0.25) is 16.2 Å². The van der Waals surface area contributed by atoms with E-state index in [1.54, 1.807) is 0 Å². The molecule has 1 unspecified atom stereocenters. The van der Waals surface area contributed by atoms with E-state index in [1.807, 2.05) is 0 Å². The predicted octanol–water partition coefficient (Wildman–Crippen LogP) is 3.21. The molecule has 0 aromatic rings. The molecule has 1 heterocycles. The van der Waals surface area contributed by atoms with Crippen molar-refractivity contribution in [1.82, 2.24) is 10.3 Å². The smallest absolute Gasteiger partial charge is 0.297 e. The molecule has 0 aromatic carbocycles. The molecule has 0 saturated carbocycles. The van der Waals surface area contributed by atoms with Gasteiger partial charge in [0.25, 0.3) is 0 Å². The molecule has 0 radical (unpaired) electrons. The largest absolute Gasteiger partial charge is 0.389 e. The monoisotopic (exact) mass is 295 g/mol. The SMILES string of the molecule is CC(C)(C(CCCC(F)(F)F)NN)N1CCCCCC1. The van der Waals surface area contributed by atoms with E-state index in [4.69, 9.17) is 5.84 Å². The summed E-state index contributed by atoms with van der Waals surface area (Å²) < 4.78 is 36.8. The van der Waals surface area contributed by atoms with Crippen molar-refractivity contribution in [2.45, 2.75) is 76.6 Å². The molecule has 1 saturated heterocycles. The Morgan fingerprint density at radius 3 is 2.10 bits per heavy atom. The molecule has 1 rings (SSSR count). The van der Waals surface area contributed by atoms with Gasteiger partial charge in [0.2, 0.25) is 0 Å². The number of hydrogen-bond donors (Lipinski definition) is 2. The highest BCUT2D eigenvalue weighted by atomic mass is 19.4. The van der Waals surface area contributed by atoms with Gasteiger partial charge in [0.05, 0.1) is 0 Å². The van der Waals surface area contributed by atoms with Crippen LogP contribution < -0.4 is 11.3 Å². The number of rotatable bonds is 6. The van der Waals surface area contributed by atoms with Crippen molar-refractivity contribution < 1.29 is 13.2 Å². The molecule has 1 aliphatic rings. The van der Waals surface area contributed by atoms with Gasteiger partial charge in [-0.2, -0.15) is 13.2 Å². The Morgan fingerprint density at radius 2 is 1.65 bits per heavy atom. The van der Waals surface area contributed by atoms with Gasteiger partial charge in [-0.05, 0) is 52.6 Å². The Labute approximate surface area is 120 Å². The third-order valence-corrected chi connectivity index (χ3v) is 4.43. The summed E-state index contributed by atoms with van der Waals surface area (Å²) in [6.07, 6.45) is 0.539. The molecule has 0 amide bonds. The van der Waals surface area contributed by atoms with Gasteiger partial charge in [-0.25, -0.2) is 0 Å². The fourth-order valence-electron chi connectivity index (χ4n) is 3.01. The quantitative estimate of drug-likeness (QED) is 0.584. The molecule has 0 spiro atoms. The van der Waals surface area contributed by atoms with E-state index in [0.717, 1.165) is 25.9 Å². The Balaban J connectivity index is 2.56. The summed E-state index contributed by atoms with van der Waals surface area (Å²) in [5.74, 6) is 5.60. The summed E-state index contributed by atoms with van der Waals surface area (Å²) in [4.78, 5) is 2.37. The van der Waals surface area contributed by atoms with Crippen LogP contribution in [0.4, 0.5) is 13.2 Å². The minimum Gasteiger partial charge on any atom is -0.297 e. The first-order chi connectivity index (χ1) is 9.27. The number of nitrogens with two attached hydrogens (primary N) is 1. The Morgan fingerprint density at radius 1 is 1.10 bits per heavy atom. The Hall–Kier alpha value is -0.330. The summed E-state index contributed by atoms with van der Waals surface area (Å²) in [7, 11) is 0. The van der Waals surface area contributed by atoms with E-state index in [2.05, 4.69) is 24.2 Å². The predicted molar refractivity (Wildman–Crippen MR) is 75.1 cm³/mol. The van der Waals surface area contributed by atoms with Gasteiger partial charge in [-0.1, -0.05) is 12.8 Å². The van der Waals surface area contributed by atoms with E-state index in [-0.39, 0.29) is 18.0 Å². The van der Waals surface area contributed by atoms with Crippen LogP contribution in [0.1, 0.15) is 58.8 Å². The van der Waals surface area contributed by atoms with Gasteiger partial charge >= 0.3 is 6.18 Å². The zero-order chi connectivity index (χ0) is 15.2. The molecule has 3 nitrogen and oxygen atoms in total. The Kier molecular flexibility index (Phi) is 6.75. The number of nitrogens with zero attached hydrogens (tertiary/aromatic N) is 1. The lowest BCUT2D eigenvalue weighted by Gasteiger charge is -2.43. The van der Waals surface area contributed by atoms with Crippen molar-refractivity contribution in [1.29, 1.82) is 0 Å². The van der Waals surface area contributed by atoms with Crippen LogP contribution in [-0.4, -0.2) is 35.7 Å². The highest BCUT2D eigenvalue weighted by Crippen LogP contribution is 2.28. The van der Waals surface area contributed by atoms with Gasteiger partial charge < -0.3 is 0 Å². The molecule has 0 aliphatic carbocycles. The fraction of sp³-hybridized carbons (Fsp3) is 1.00. The number of halogens is 3. The first-order valence-corrected chi connectivity index (χ1v) is 7.55. The first-order valence-electron chi connectivity index (χ1n) is 7.55. The molecule has 120 valence electrons. The number of nitrogens with one attached hydrogen (secondary N) is 1. The van der Waals surface area contributed by atoms with E-state index >= 15 is 0 Å². The van der Waals surface area contributed by atoms with Crippen molar-refractivity contribution in [2.24, 2.45) is 5.84 Å². The van der Waals surface area contributed by atoms with Gasteiger partial charge in [0, 0.05) is 18.0 Å². The minimum atomic E-state index is -4.08. The van der Waals surface area contributed by atoms with Crippen LogP contribution in [0.15, 0.2) is 0 Å². The van der Waals surface area contributed by atoms with E-state index < -0.39 is 12.6 Å². The molecule has 0 bridgehead atoms. The lowest BCUT2D eigenvalue weighted by molar-refractivity contribution is -0.136. The molecule has 20 heavy (non-hydrogen) atoms. The van der Waals surface area contributed by atoms with Crippen LogP contribution >= 0.6 is 0 Å². The zero-order valence-corrected chi connectivity index (χ0v) is 12.6. The average Bonchev–Trinajstić information content (AvgIpc) is 2.62. The van der Waals surface area contributed by atoms with Crippen LogP contribution in [0.25, 0.3) is 0 Å². The van der Waals surface area contributed by atoms with Crippen molar-refractivity contribution in [3.05, 3.63) is 0 Å². The second kappa shape index (κ2) is 7.61. The summed E-state index contributed by atoms with van der Waals surface area (Å²) in [5, 5.41) is 0. The molecule has 1 fully saturated rings. The normalized spacial score (nSPS) is 20.7. The molecule has 1 aliphatic heterocycles. The van der Waals surface area contributed by atoms with Crippen molar-refractivity contribution in [2.75, 3.05) is 13.1 Å². The van der Waals surface area contributed by atoms with Crippen molar-refractivity contribution >= 4 is 0 Å². The number of hydrogen-bond acceptors (Lipinski definition) is 3. The third-order valence-electron chi connectivity index (χ3n) is 4.43. The molecule has 6 heteroatoms. The van der Waals surface area contributed by atoms with Gasteiger partial charge in [-0.15, -0.1) is 0 Å². The van der Waals surface area contributed by atoms with E-state index in [9.17, 15) is 13.2 Å². The fourth-order valence-corrected chi connectivity index (χ4v) is 3.01. The van der Waals surface area contributed by atoms with Gasteiger partial charge in [0.15, 0.2) is 0 Å². The average molecular weight is 295 g/mol. The highest BCUT2D eigenvalue weighted by Gasteiger charge is 2.35. The van der Waals surface area contributed by atoms with Crippen LogP contribution in [0, 0.1) is 0 Å². The highest BCUT2D eigenvalue weighted by molar-refractivity contribution is 4.93. The zero-order valence-electron chi connectivity index (χ0n) is 12.6. The molecule has 0 aromatic heterocycles. The van der Waals surface area contributed by atoms with Crippen LogP contribution in [-0.2, 0) is 0 Å². The minimum absolute atomic E-state index is 0.121. The first kappa shape index (κ1) is 17.7. The third kappa shape index (κ3) is 5.58. The lowest BCUT2D eigenvalue weighted by Crippen LogP contribution is -2.59. The number of alkyl halides is 3. The topological polar surface area (TPSA) is 41.3 Å². The van der Waals surface area contributed by atoms with Crippen LogP contribution in [0.2, 0.25) is 0 Å². The number of likely N-dealkylation sites (tertiary alicyclic amines) is 1. The summed E-state index contributed by atoms with van der Waals surface area (Å²) in [6, 6.07) is -0.122. The molecule has 3 N–H and O–H groups in total. The van der Waals surface area contributed by atoms with E-state index in [0.29, 0.717) is 6.42 Å². The molecular formula is C14H28F3N3. The van der Waals surface area contributed by atoms with Crippen molar-refractivity contribution in [3.63, 3.8) is 0 Å². The Bertz CT molecular complexity index is 271. The van der Waals surface area contributed by atoms with Crippen molar-refractivity contribution in [3.8, 4) is 0 Å². The maximum absolute atomic E-state index is 12.3. The van der Waals surface area contributed by atoms with Gasteiger partial charge in [0.1, 0.15) is 0 Å². The standard InChI is InChI=1S/C14H28F3N3/c1-13(2,20-10-5-3-4-6-11-20)12(19-18)8-7-9-14(15,16)17/h12,19H,3-11,18H2,1-2H3. The summed E-state index contributed by atoms with van der Waals surface area (Å²) in [5.41, 5.74) is 2.52. The van der Waals surface area contributed by atoms with Crippen LogP contribution in [0.5, 0.6) is 0 Å². The maximum Gasteiger partial charge on any atom is 0.389 e. The molecular weight excluding hydrogens is 267 g/mol.